The van der Waals surface area contributed by atoms with E-state index >= 15 is 0 Å². The first-order valence-electron chi connectivity index (χ1n) is 8.57. The Labute approximate surface area is 152 Å². The lowest BCUT2D eigenvalue weighted by Crippen LogP contribution is -2.37. The molecule has 0 radical (unpaired) electrons. The molecule has 0 aromatic heterocycles. The average Bonchev–Trinajstić information content (AvgIpc) is 3.01. The minimum atomic E-state index is -3.56. The molecule has 5 unspecified atom stereocenters. The predicted octanol–water partition coefficient (Wildman–Crippen LogP) is 0.807. The molecule has 0 amide bonds. The molecule has 3 rings (SSSR count). The van der Waals surface area contributed by atoms with Gasteiger partial charge in [0.05, 0.1) is 11.4 Å². The maximum absolute atomic E-state index is 12.1. The number of hydrogen-bond acceptors (Lipinski definition) is 8. The second kappa shape index (κ2) is 6.61. The molecule has 8 nitrogen and oxygen atoms in total. The molecule has 26 heavy (non-hydrogen) atoms. The second-order valence-electron chi connectivity index (χ2n) is 7.69. The van der Waals surface area contributed by atoms with Crippen molar-refractivity contribution in [3.63, 3.8) is 0 Å². The van der Waals surface area contributed by atoms with Crippen LogP contribution in [0.1, 0.15) is 27.2 Å². The van der Waals surface area contributed by atoms with Crippen LogP contribution in [0.15, 0.2) is 12.2 Å². The molecule has 3 aliphatic rings. The highest BCUT2D eigenvalue weighted by Gasteiger charge is 2.72. The second-order valence-corrected chi connectivity index (χ2v) is 9.48. The summed E-state index contributed by atoms with van der Waals surface area (Å²) in [5.74, 6) is -1.24. The predicted molar refractivity (Wildman–Crippen MR) is 89.4 cm³/mol. The lowest BCUT2D eigenvalue weighted by atomic mass is 9.81. The van der Waals surface area contributed by atoms with Crippen molar-refractivity contribution >= 4 is 22.1 Å². The molecule has 3 fully saturated rings. The molecule has 5 atom stereocenters. The first-order valence-corrected chi connectivity index (χ1v) is 10.0. The Balaban J connectivity index is 1.48. The standard InChI is InChI=1S/C17H24O8S/c1-9(2)16(19)23-6-5-22-12(18)8-24-14-10-7-11-13(17(10,3)4)15(14)25-26(11,20)21/h10-11,13-15H,1,5-8H2,2-4H3. The molecule has 9 heteroatoms. The summed E-state index contributed by atoms with van der Waals surface area (Å²) in [6, 6.07) is 0. The fraction of sp³-hybridized carbons (Fsp3) is 0.765. The third-order valence-electron chi connectivity index (χ3n) is 5.71. The smallest absolute Gasteiger partial charge is 0.333 e. The van der Waals surface area contributed by atoms with Crippen molar-refractivity contribution in [2.75, 3.05) is 19.8 Å². The van der Waals surface area contributed by atoms with Crippen LogP contribution in [0.4, 0.5) is 0 Å². The van der Waals surface area contributed by atoms with Crippen LogP contribution >= 0.6 is 0 Å². The molecular weight excluding hydrogens is 364 g/mol. The lowest BCUT2D eigenvalue weighted by molar-refractivity contribution is -0.158. The van der Waals surface area contributed by atoms with Crippen LogP contribution in [0, 0.1) is 17.3 Å². The van der Waals surface area contributed by atoms with Gasteiger partial charge in [0.1, 0.15) is 25.9 Å². The third kappa shape index (κ3) is 3.16. The van der Waals surface area contributed by atoms with Crippen molar-refractivity contribution < 1.29 is 36.4 Å². The number of carbonyl (C=O) groups is 2. The van der Waals surface area contributed by atoms with E-state index in [-0.39, 0.29) is 42.6 Å². The highest BCUT2D eigenvalue weighted by Crippen LogP contribution is 2.64. The molecule has 1 heterocycles. The summed E-state index contributed by atoms with van der Waals surface area (Å²) in [6.07, 6.45) is -0.493. The van der Waals surface area contributed by atoms with Gasteiger partial charge in [0.2, 0.25) is 0 Å². The average molecular weight is 388 g/mol. The van der Waals surface area contributed by atoms with Gasteiger partial charge >= 0.3 is 11.9 Å². The Morgan fingerprint density at radius 1 is 1.23 bits per heavy atom. The quantitative estimate of drug-likeness (QED) is 0.273. The van der Waals surface area contributed by atoms with Crippen LogP contribution in [-0.2, 0) is 38.1 Å². The molecule has 2 saturated carbocycles. The van der Waals surface area contributed by atoms with E-state index in [1.54, 1.807) is 0 Å². The van der Waals surface area contributed by atoms with E-state index in [9.17, 15) is 18.0 Å². The van der Waals surface area contributed by atoms with Gasteiger partial charge in [-0.1, -0.05) is 20.4 Å². The molecule has 0 aromatic rings. The topological polar surface area (TPSA) is 105 Å². The molecule has 2 bridgehead atoms. The summed E-state index contributed by atoms with van der Waals surface area (Å²) in [5, 5.41) is -0.470. The number of hydrogen-bond donors (Lipinski definition) is 0. The van der Waals surface area contributed by atoms with Gasteiger partial charge in [-0.25, -0.2) is 9.59 Å². The van der Waals surface area contributed by atoms with Crippen molar-refractivity contribution in [1.29, 1.82) is 0 Å². The van der Waals surface area contributed by atoms with Gasteiger partial charge < -0.3 is 14.2 Å². The third-order valence-corrected chi connectivity index (χ3v) is 7.43. The van der Waals surface area contributed by atoms with Crippen molar-refractivity contribution in [1.82, 2.24) is 0 Å². The fourth-order valence-electron chi connectivity index (χ4n) is 4.52. The highest BCUT2D eigenvalue weighted by atomic mass is 32.2. The maximum Gasteiger partial charge on any atom is 0.333 e. The summed E-state index contributed by atoms with van der Waals surface area (Å²) in [6.45, 7) is 8.57. The van der Waals surface area contributed by atoms with Crippen molar-refractivity contribution in [2.45, 2.75) is 44.6 Å². The zero-order valence-corrected chi connectivity index (χ0v) is 15.9. The molecule has 0 N–H and O–H groups in total. The summed E-state index contributed by atoms with van der Waals surface area (Å²) < 4.78 is 45.0. The summed E-state index contributed by atoms with van der Waals surface area (Å²) in [4.78, 5) is 23.0. The fourth-order valence-corrected chi connectivity index (χ4v) is 6.51. The Morgan fingerprint density at radius 2 is 1.88 bits per heavy atom. The normalized spacial score (nSPS) is 35.3. The zero-order valence-electron chi connectivity index (χ0n) is 15.1. The van der Waals surface area contributed by atoms with Crippen LogP contribution < -0.4 is 0 Å². The van der Waals surface area contributed by atoms with Gasteiger partial charge in [0, 0.05) is 11.5 Å². The van der Waals surface area contributed by atoms with Gasteiger partial charge in [-0.15, -0.1) is 0 Å². The largest absolute Gasteiger partial charge is 0.460 e. The molecule has 1 saturated heterocycles. The van der Waals surface area contributed by atoms with Gasteiger partial charge in [0.25, 0.3) is 10.1 Å². The first kappa shape index (κ1) is 19.3. The van der Waals surface area contributed by atoms with E-state index in [2.05, 4.69) is 6.58 Å². The van der Waals surface area contributed by atoms with Crippen LogP contribution in [0.3, 0.4) is 0 Å². The van der Waals surface area contributed by atoms with E-state index in [1.807, 2.05) is 13.8 Å². The molecular formula is C17H24O8S. The lowest BCUT2D eigenvalue weighted by Gasteiger charge is -2.26. The van der Waals surface area contributed by atoms with Gasteiger partial charge in [-0.05, 0) is 24.7 Å². The zero-order chi connectivity index (χ0) is 19.3. The van der Waals surface area contributed by atoms with Gasteiger partial charge in [0.15, 0.2) is 0 Å². The molecule has 1 aliphatic heterocycles. The van der Waals surface area contributed by atoms with Crippen LogP contribution in [-0.4, -0.2) is 57.6 Å². The highest BCUT2D eigenvalue weighted by molar-refractivity contribution is 7.87. The van der Waals surface area contributed by atoms with Crippen molar-refractivity contribution in [3.05, 3.63) is 12.2 Å². The minimum absolute atomic E-state index is 0.0177. The molecule has 0 spiro atoms. The van der Waals surface area contributed by atoms with E-state index in [4.69, 9.17) is 18.4 Å². The molecule has 0 aromatic carbocycles. The van der Waals surface area contributed by atoms with Crippen molar-refractivity contribution in [3.8, 4) is 0 Å². The summed E-state index contributed by atoms with van der Waals surface area (Å²) >= 11 is 0. The van der Waals surface area contributed by atoms with Crippen LogP contribution in [0.2, 0.25) is 0 Å². The van der Waals surface area contributed by atoms with Crippen LogP contribution in [0.5, 0.6) is 0 Å². The number of rotatable bonds is 7. The van der Waals surface area contributed by atoms with Crippen LogP contribution in [0.25, 0.3) is 0 Å². The Hall–Kier alpha value is -1.45. The Morgan fingerprint density at radius 3 is 2.54 bits per heavy atom. The molecule has 2 aliphatic carbocycles. The maximum atomic E-state index is 12.1. The van der Waals surface area contributed by atoms with E-state index in [0.717, 1.165) is 0 Å². The van der Waals surface area contributed by atoms with Crippen molar-refractivity contribution in [2.24, 2.45) is 17.3 Å². The number of fused-ring (bicyclic) bond motifs is 1. The minimum Gasteiger partial charge on any atom is -0.460 e. The number of esters is 2. The Kier molecular flexibility index (Phi) is 4.91. The molecule has 146 valence electrons. The summed E-state index contributed by atoms with van der Waals surface area (Å²) in [5.41, 5.74) is 0.0490. The van der Waals surface area contributed by atoms with Gasteiger partial charge in [-0.3, -0.25) is 4.18 Å². The monoisotopic (exact) mass is 388 g/mol. The number of carbonyl (C=O) groups excluding carboxylic acids is 2. The number of ether oxygens (including phenoxy) is 3. The van der Waals surface area contributed by atoms with E-state index < -0.39 is 39.5 Å². The first-order chi connectivity index (χ1) is 12.1. The Bertz CT molecular complexity index is 725. The van der Waals surface area contributed by atoms with E-state index in [0.29, 0.717) is 6.42 Å². The van der Waals surface area contributed by atoms with E-state index in [1.165, 1.54) is 6.92 Å². The summed E-state index contributed by atoms with van der Waals surface area (Å²) in [7, 11) is -3.56. The SMILES string of the molecule is C=C(C)C(=O)OCCOC(=O)COC1C2OS(=O)(=O)C3CC1C(C)(C)C23. The van der Waals surface area contributed by atoms with Gasteiger partial charge in [-0.2, -0.15) is 8.42 Å².